The average molecular weight is 473 g/mol. The van der Waals surface area contributed by atoms with E-state index in [-0.39, 0.29) is 0 Å². The largest absolute Gasteiger partial charge is 0.458 e. The first-order valence-electron chi connectivity index (χ1n) is 11.7. The molecule has 0 aliphatic carbocycles. The minimum absolute atomic E-state index is 0.522. The molecule has 8 atom stereocenters. The molecule has 1 aliphatic heterocycles. The molecule has 0 amide bonds. The van der Waals surface area contributed by atoms with Gasteiger partial charge in [-0.3, -0.25) is 9.59 Å². The van der Waals surface area contributed by atoms with Crippen LogP contribution in [0.2, 0.25) is 0 Å². The molecule has 1 rings (SSSR count). The van der Waals surface area contributed by atoms with Gasteiger partial charge in [-0.05, 0) is 33.3 Å². The van der Waals surface area contributed by atoms with Crippen molar-refractivity contribution in [1.82, 2.24) is 0 Å². The number of carbonyl (C=O) groups is 3. The highest BCUT2D eigenvalue weighted by Gasteiger charge is 2.52. The van der Waals surface area contributed by atoms with Crippen LogP contribution in [0.5, 0.6) is 0 Å². The summed E-state index contributed by atoms with van der Waals surface area (Å²) in [6.45, 7) is 8.96. The van der Waals surface area contributed by atoms with Gasteiger partial charge in [0.1, 0.15) is 23.9 Å². The highest BCUT2D eigenvalue weighted by Crippen LogP contribution is 2.34. The third kappa shape index (κ3) is 8.39. The van der Waals surface area contributed by atoms with Crippen molar-refractivity contribution in [2.24, 2.45) is 11.8 Å². The van der Waals surface area contributed by atoms with Crippen LogP contribution >= 0.6 is 0 Å². The van der Waals surface area contributed by atoms with Gasteiger partial charge in [0.2, 0.25) is 0 Å². The van der Waals surface area contributed by atoms with Gasteiger partial charge in [-0.1, -0.05) is 39.5 Å². The van der Waals surface area contributed by atoms with Crippen molar-refractivity contribution < 1.29 is 43.9 Å². The first kappa shape index (κ1) is 29.1. The predicted octanol–water partition coefficient (Wildman–Crippen LogP) is 2.05. The van der Waals surface area contributed by atoms with Crippen LogP contribution in [0.15, 0.2) is 12.2 Å². The van der Waals surface area contributed by atoms with Crippen molar-refractivity contribution in [2.75, 3.05) is 0 Å². The van der Waals surface area contributed by atoms with E-state index in [4.69, 9.17) is 14.2 Å². The molecule has 1 aliphatic rings. The van der Waals surface area contributed by atoms with E-state index in [1.54, 1.807) is 0 Å². The number of aliphatic hydroxyl groups excluding tert-OH is 2. The number of esters is 3. The minimum Gasteiger partial charge on any atom is -0.458 e. The number of aliphatic hydroxyl groups is 3. The van der Waals surface area contributed by atoms with E-state index in [1.807, 2.05) is 0 Å². The van der Waals surface area contributed by atoms with Crippen LogP contribution in [0.1, 0.15) is 73.6 Å². The lowest BCUT2D eigenvalue weighted by molar-refractivity contribution is -0.198. The summed E-state index contributed by atoms with van der Waals surface area (Å²) in [6.07, 6.45) is 1.24. The second kappa shape index (κ2) is 13.1. The number of cyclic esters (lactones) is 1. The molecular formula is C24H40O9. The molecule has 1 fully saturated rings. The fourth-order valence-electron chi connectivity index (χ4n) is 4.14. The summed E-state index contributed by atoms with van der Waals surface area (Å²) >= 11 is 0. The van der Waals surface area contributed by atoms with Crippen LogP contribution in [0.25, 0.3) is 0 Å². The lowest BCUT2D eigenvalue weighted by Crippen LogP contribution is -2.58. The molecule has 0 aromatic heterocycles. The highest BCUT2D eigenvalue weighted by atomic mass is 16.6. The topological polar surface area (TPSA) is 140 Å². The quantitative estimate of drug-likeness (QED) is 0.199. The van der Waals surface area contributed by atoms with Crippen LogP contribution in [0.4, 0.5) is 0 Å². The van der Waals surface area contributed by atoms with E-state index in [9.17, 15) is 29.7 Å². The zero-order valence-electron chi connectivity index (χ0n) is 20.5. The monoisotopic (exact) mass is 472 g/mol. The predicted molar refractivity (Wildman–Crippen MR) is 120 cm³/mol. The van der Waals surface area contributed by atoms with E-state index in [0.717, 1.165) is 38.7 Å². The summed E-state index contributed by atoms with van der Waals surface area (Å²) in [5.41, 5.74) is -2.03. The van der Waals surface area contributed by atoms with Gasteiger partial charge in [0.05, 0.1) is 18.1 Å². The molecule has 3 N–H and O–H groups in total. The summed E-state index contributed by atoms with van der Waals surface area (Å²) in [7, 11) is 0. The first-order chi connectivity index (χ1) is 15.3. The molecule has 0 radical (unpaired) electrons. The summed E-state index contributed by atoms with van der Waals surface area (Å²) in [5.74, 6) is -4.24. The zero-order chi connectivity index (χ0) is 25.3. The van der Waals surface area contributed by atoms with Crippen LogP contribution in [0.3, 0.4) is 0 Å². The fraction of sp³-hybridized carbons (Fsp3) is 0.792. The smallest absolute Gasteiger partial charge is 0.330 e. The number of rotatable bonds is 9. The van der Waals surface area contributed by atoms with Gasteiger partial charge in [-0.25, -0.2) is 4.79 Å². The van der Waals surface area contributed by atoms with Gasteiger partial charge in [0, 0.05) is 18.9 Å². The van der Waals surface area contributed by atoms with Gasteiger partial charge in [0.25, 0.3) is 0 Å². The number of hydrogen-bond donors (Lipinski definition) is 3. The third-order valence-electron chi connectivity index (χ3n) is 6.13. The van der Waals surface area contributed by atoms with Crippen molar-refractivity contribution in [3.05, 3.63) is 12.2 Å². The van der Waals surface area contributed by atoms with Crippen molar-refractivity contribution in [3.63, 3.8) is 0 Å². The zero-order valence-corrected chi connectivity index (χ0v) is 20.5. The normalized spacial score (nSPS) is 34.0. The lowest BCUT2D eigenvalue weighted by Gasteiger charge is -2.40. The third-order valence-corrected chi connectivity index (χ3v) is 6.13. The van der Waals surface area contributed by atoms with Gasteiger partial charge < -0.3 is 29.5 Å². The Balaban J connectivity index is 3.01. The van der Waals surface area contributed by atoms with E-state index < -0.39 is 65.9 Å². The van der Waals surface area contributed by atoms with E-state index in [1.165, 1.54) is 33.8 Å². The second-order valence-electron chi connectivity index (χ2n) is 9.17. The van der Waals surface area contributed by atoms with Gasteiger partial charge >= 0.3 is 17.9 Å². The molecule has 0 bridgehead atoms. The highest BCUT2D eigenvalue weighted by molar-refractivity contribution is 5.82. The summed E-state index contributed by atoms with van der Waals surface area (Å²) in [4.78, 5) is 36.6. The Kier molecular flexibility index (Phi) is 11.5. The average Bonchev–Trinajstić information content (AvgIpc) is 2.75. The molecular weight excluding hydrogens is 432 g/mol. The van der Waals surface area contributed by atoms with Crippen molar-refractivity contribution in [3.8, 4) is 0 Å². The van der Waals surface area contributed by atoms with Crippen molar-refractivity contribution in [1.29, 1.82) is 0 Å². The molecule has 0 aromatic carbocycles. The van der Waals surface area contributed by atoms with Crippen LogP contribution < -0.4 is 0 Å². The maximum Gasteiger partial charge on any atom is 0.330 e. The molecule has 0 spiro atoms. The molecule has 1 heterocycles. The number of ether oxygens (including phenoxy) is 3. The summed E-state index contributed by atoms with van der Waals surface area (Å²) < 4.78 is 16.1. The molecule has 9 nitrogen and oxygen atoms in total. The molecule has 1 saturated heterocycles. The summed E-state index contributed by atoms with van der Waals surface area (Å²) in [6, 6.07) is 0. The first-order valence-corrected chi connectivity index (χ1v) is 11.7. The number of unbranched alkanes of at least 4 members (excludes halogenated alkanes) is 3. The lowest BCUT2D eigenvalue weighted by atomic mass is 9.78. The Morgan fingerprint density at radius 1 is 1.18 bits per heavy atom. The minimum atomic E-state index is -2.03. The maximum absolute atomic E-state index is 12.6. The van der Waals surface area contributed by atoms with E-state index in [0.29, 0.717) is 6.42 Å². The van der Waals surface area contributed by atoms with Crippen molar-refractivity contribution in [2.45, 2.75) is 110 Å². The Bertz CT molecular complexity index is 687. The Morgan fingerprint density at radius 3 is 2.39 bits per heavy atom. The fourth-order valence-corrected chi connectivity index (χ4v) is 4.14. The molecule has 190 valence electrons. The second-order valence-corrected chi connectivity index (χ2v) is 9.17. The van der Waals surface area contributed by atoms with Crippen LogP contribution in [0, 0.1) is 11.8 Å². The van der Waals surface area contributed by atoms with E-state index >= 15 is 0 Å². The Labute approximate surface area is 196 Å². The van der Waals surface area contributed by atoms with Gasteiger partial charge in [-0.2, -0.15) is 0 Å². The SMILES string of the molecule is CCCCCCC(O)/C=C/C(=O)O[C@@H]1[C@@H](C)[C@H](O)[C@@](C)(O)[C@H](OC(C)=O)[C@H](C)C(=O)O[C@H]1C. The Morgan fingerprint density at radius 2 is 1.82 bits per heavy atom. The number of carbonyl (C=O) groups excluding carboxylic acids is 3. The Hall–Kier alpha value is -1.97. The van der Waals surface area contributed by atoms with Crippen LogP contribution in [-0.2, 0) is 28.6 Å². The molecule has 33 heavy (non-hydrogen) atoms. The van der Waals surface area contributed by atoms with Crippen molar-refractivity contribution >= 4 is 17.9 Å². The molecule has 0 saturated carbocycles. The summed E-state index contributed by atoms with van der Waals surface area (Å²) in [5, 5.41) is 32.0. The molecule has 9 heteroatoms. The maximum atomic E-state index is 12.6. The molecule has 1 unspecified atom stereocenters. The standard InChI is InChI=1S/C24H40O9/c1-7-8-9-10-11-18(26)12-13-19(27)33-20-14(2)21(28)24(6,30)22(32-17(5)25)15(3)23(29)31-16(20)4/h12-16,18,20-22,26,28,30H,7-11H2,1-6H3/b13-12+/t14-,15+,16+,18?,20-,21+,22-,24-/m1/s1. The number of hydrogen-bond acceptors (Lipinski definition) is 9. The van der Waals surface area contributed by atoms with Gasteiger partial charge in [0.15, 0.2) is 0 Å². The molecule has 0 aromatic rings. The van der Waals surface area contributed by atoms with E-state index in [2.05, 4.69) is 6.92 Å². The van der Waals surface area contributed by atoms with Crippen LogP contribution in [-0.4, -0.2) is 69.3 Å². The van der Waals surface area contributed by atoms with Gasteiger partial charge in [-0.15, -0.1) is 0 Å².